The van der Waals surface area contributed by atoms with E-state index >= 15 is 0 Å². The SMILES string of the molecule is CCOC(CNC(C)c1cccc(Br)c1)OCC. The van der Waals surface area contributed by atoms with Crippen LogP contribution in [-0.2, 0) is 9.47 Å². The van der Waals surface area contributed by atoms with E-state index in [2.05, 4.69) is 40.3 Å². The second kappa shape index (κ2) is 8.64. The molecule has 1 aromatic carbocycles. The minimum absolute atomic E-state index is 0.172. The van der Waals surface area contributed by atoms with E-state index in [9.17, 15) is 0 Å². The summed E-state index contributed by atoms with van der Waals surface area (Å²) in [7, 11) is 0. The molecule has 1 aromatic rings. The molecule has 0 aromatic heterocycles. The van der Waals surface area contributed by atoms with Crippen LogP contribution in [0, 0.1) is 0 Å². The lowest BCUT2D eigenvalue weighted by atomic mass is 10.1. The van der Waals surface area contributed by atoms with Crippen LogP contribution in [0.2, 0.25) is 0 Å². The average molecular weight is 316 g/mol. The number of rotatable bonds is 8. The molecule has 0 aliphatic heterocycles. The highest BCUT2D eigenvalue weighted by atomic mass is 79.9. The van der Waals surface area contributed by atoms with Gasteiger partial charge in [0.05, 0.1) is 0 Å². The van der Waals surface area contributed by atoms with Gasteiger partial charge >= 0.3 is 0 Å². The van der Waals surface area contributed by atoms with Gasteiger partial charge in [0, 0.05) is 30.3 Å². The fourth-order valence-electron chi connectivity index (χ4n) is 1.70. The Kier molecular flexibility index (Phi) is 7.51. The zero-order chi connectivity index (χ0) is 13.4. The van der Waals surface area contributed by atoms with Gasteiger partial charge in [0.2, 0.25) is 0 Å². The summed E-state index contributed by atoms with van der Waals surface area (Å²) in [5.74, 6) is 0. The maximum Gasteiger partial charge on any atom is 0.169 e. The lowest BCUT2D eigenvalue weighted by Crippen LogP contribution is -2.33. The van der Waals surface area contributed by atoms with Gasteiger partial charge in [0.25, 0.3) is 0 Å². The lowest BCUT2D eigenvalue weighted by molar-refractivity contribution is -0.133. The highest BCUT2D eigenvalue weighted by Gasteiger charge is 2.11. The van der Waals surface area contributed by atoms with E-state index in [1.165, 1.54) is 5.56 Å². The number of hydrogen-bond donors (Lipinski definition) is 1. The van der Waals surface area contributed by atoms with Gasteiger partial charge in [-0.25, -0.2) is 0 Å². The van der Waals surface area contributed by atoms with Crippen molar-refractivity contribution in [3.05, 3.63) is 34.3 Å². The molecule has 102 valence electrons. The monoisotopic (exact) mass is 315 g/mol. The lowest BCUT2D eigenvalue weighted by Gasteiger charge is -2.21. The first kappa shape index (κ1) is 15.6. The topological polar surface area (TPSA) is 30.5 Å². The van der Waals surface area contributed by atoms with E-state index in [0.29, 0.717) is 19.8 Å². The quantitative estimate of drug-likeness (QED) is 0.745. The van der Waals surface area contributed by atoms with Crippen molar-refractivity contribution in [2.75, 3.05) is 19.8 Å². The average Bonchev–Trinajstić information content (AvgIpc) is 2.36. The van der Waals surface area contributed by atoms with E-state index in [4.69, 9.17) is 9.47 Å². The largest absolute Gasteiger partial charge is 0.352 e. The molecule has 0 fully saturated rings. The summed E-state index contributed by atoms with van der Waals surface area (Å²) in [5, 5.41) is 3.42. The molecule has 0 radical (unpaired) electrons. The van der Waals surface area contributed by atoms with E-state index in [1.807, 2.05) is 26.0 Å². The van der Waals surface area contributed by atoms with Gasteiger partial charge < -0.3 is 14.8 Å². The van der Waals surface area contributed by atoms with Crippen molar-refractivity contribution < 1.29 is 9.47 Å². The van der Waals surface area contributed by atoms with Crippen molar-refractivity contribution in [3.8, 4) is 0 Å². The van der Waals surface area contributed by atoms with Gasteiger partial charge in [0.15, 0.2) is 6.29 Å². The van der Waals surface area contributed by atoms with E-state index in [1.54, 1.807) is 0 Å². The Morgan fingerprint density at radius 3 is 2.44 bits per heavy atom. The first-order valence-corrected chi connectivity index (χ1v) is 7.18. The zero-order valence-corrected chi connectivity index (χ0v) is 12.9. The van der Waals surface area contributed by atoms with Crippen LogP contribution in [-0.4, -0.2) is 26.0 Å². The Labute approximate surface area is 118 Å². The van der Waals surface area contributed by atoms with Crippen molar-refractivity contribution >= 4 is 15.9 Å². The Morgan fingerprint density at radius 2 is 1.89 bits per heavy atom. The Morgan fingerprint density at radius 1 is 1.22 bits per heavy atom. The maximum absolute atomic E-state index is 5.50. The van der Waals surface area contributed by atoms with Crippen LogP contribution in [0.15, 0.2) is 28.7 Å². The molecule has 18 heavy (non-hydrogen) atoms. The second-order valence-electron chi connectivity index (χ2n) is 4.03. The Balaban J connectivity index is 2.46. The van der Waals surface area contributed by atoms with Crippen molar-refractivity contribution in [2.45, 2.75) is 33.1 Å². The molecule has 1 unspecified atom stereocenters. The molecule has 1 rings (SSSR count). The molecule has 0 saturated carbocycles. The third kappa shape index (κ3) is 5.48. The standard InChI is InChI=1S/C14H22BrNO2/c1-4-17-14(18-5-2)10-16-11(3)12-7-6-8-13(15)9-12/h6-9,11,14,16H,4-5,10H2,1-3H3. The van der Waals surface area contributed by atoms with Gasteiger partial charge in [-0.15, -0.1) is 0 Å². The molecule has 0 aliphatic carbocycles. The summed E-state index contributed by atoms with van der Waals surface area (Å²) in [6, 6.07) is 8.57. The van der Waals surface area contributed by atoms with Gasteiger partial charge in [-0.1, -0.05) is 28.1 Å². The molecule has 0 bridgehead atoms. The van der Waals surface area contributed by atoms with Gasteiger partial charge in [-0.3, -0.25) is 0 Å². The van der Waals surface area contributed by atoms with E-state index in [-0.39, 0.29) is 12.3 Å². The van der Waals surface area contributed by atoms with Crippen molar-refractivity contribution in [1.29, 1.82) is 0 Å². The zero-order valence-electron chi connectivity index (χ0n) is 11.3. The number of hydrogen-bond acceptors (Lipinski definition) is 3. The van der Waals surface area contributed by atoms with Crippen LogP contribution in [0.5, 0.6) is 0 Å². The number of halogens is 1. The Bertz CT molecular complexity index is 340. The van der Waals surface area contributed by atoms with Gasteiger partial charge in [0.1, 0.15) is 0 Å². The normalized spacial score (nSPS) is 12.9. The highest BCUT2D eigenvalue weighted by molar-refractivity contribution is 9.10. The van der Waals surface area contributed by atoms with E-state index in [0.717, 1.165) is 4.47 Å². The summed E-state index contributed by atoms with van der Waals surface area (Å²) < 4.78 is 12.1. The summed E-state index contributed by atoms with van der Waals surface area (Å²) in [5.41, 5.74) is 1.25. The van der Waals surface area contributed by atoms with E-state index < -0.39 is 0 Å². The molecular weight excluding hydrogens is 294 g/mol. The first-order valence-electron chi connectivity index (χ1n) is 6.39. The van der Waals surface area contributed by atoms with Crippen LogP contribution in [0.25, 0.3) is 0 Å². The summed E-state index contributed by atoms with van der Waals surface area (Å²) >= 11 is 3.48. The van der Waals surface area contributed by atoms with Gasteiger partial charge in [-0.2, -0.15) is 0 Å². The highest BCUT2D eigenvalue weighted by Crippen LogP contribution is 2.17. The molecule has 0 amide bonds. The fraction of sp³-hybridized carbons (Fsp3) is 0.571. The van der Waals surface area contributed by atoms with Crippen molar-refractivity contribution in [2.24, 2.45) is 0 Å². The summed E-state index contributed by atoms with van der Waals surface area (Å²) in [6.07, 6.45) is -0.172. The number of nitrogens with one attached hydrogen (secondary N) is 1. The van der Waals surface area contributed by atoms with Crippen LogP contribution in [0.4, 0.5) is 0 Å². The molecule has 0 saturated heterocycles. The molecule has 1 atom stereocenters. The first-order chi connectivity index (χ1) is 8.67. The predicted molar refractivity (Wildman–Crippen MR) is 77.6 cm³/mol. The smallest absolute Gasteiger partial charge is 0.169 e. The third-order valence-electron chi connectivity index (χ3n) is 2.64. The fourth-order valence-corrected chi connectivity index (χ4v) is 2.12. The molecule has 4 heteroatoms. The number of benzene rings is 1. The maximum atomic E-state index is 5.50. The third-order valence-corrected chi connectivity index (χ3v) is 3.14. The molecule has 3 nitrogen and oxygen atoms in total. The minimum atomic E-state index is -0.172. The molecule has 0 heterocycles. The molecule has 0 spiro atoms. The van der Waals surface area contributed by atoms with Crippen LogP contribution in [0.3, 0.4) is 0 Å². The minimum Gasteiger partial charge on any atom is -0.352 e. The van der Waals surface area contributed by atoms with Crippen molar-refractivity contribution in [1.82, 2.24) is 5.32 Å². The van der Waals surface area contributed by atoms with Crippen LogP contribution < -0.4 is 5.32 Å². The Hall–Kier alpha value is -0.420. The van der Waals surface area contributed by atoms with Gasteiger partial charge in [-0.05, 0) is 38.5 Å². The molecule has 0 aliphatic rings. The second-order valence-corrected chi connectivity index (χ2v) is 4.94. The van der Waals surface area contributed by atoms with Crippen LogP contribution >= 0.6 is 15.9 Å². The number of ether oxygens (including phenoxy) is 2. The molecular formula is C14H22BrNO2. The molecule has 1 N–H and O–H groups in total. The predicted octanol–water partition coefficient (Wildman–Crippen LogP) is 3.50. The summed E-state index contributed by atoms with van der Waals surface area (Å²) in [6.45, 7) is 8.11. The van der Waals surface area contributed by atoms with Crippen LogP contribution in [0.1, 0.15) is 32.4 Å². The van der Waals surface area contributed by atoms with Crippen molar-refractivity contribution in [3.63, 3.8) is 0 Å². The summed E-state index contributed by atoms with van der Waals surface area (Å²) in [4.78, 5) is 0.